The van der Waals surface area contributed by atoms with Crippen molar-refractivity contribution in [3.05, 3.63) is 51.7 Å². The largest absolute Gasteiger partial charge is 0.367 e. The predicted molar refractivity (Wildman–Crippen MR) is 77.7 cm³/mol. The van der Waals surface area contributed by atoms with Gasteiger partial charge in [0.15, 0.2) is 0 Å². The Morgan fingerprint density at radius 3 is 2.67 bits per heavy atom. The lowest BCUT2D eigenvalue weighted by molar-refractivity contribution is 0.112. The third-order valence-corrected chi connectivity index (χ3v) is 4.32. The summed E-state index contributed by atoms with van der Waals surface area (Å²) in [5.74, 6) is 0. The molecule has 0 aliphatic carbocycles. The van der Waals surface area contributed by atoms with Crippen molar-refractivity contribution in [2.24, 2.45) is 0 Å². The Kier molecular flexibility index (Phi) is 3.82. The summed E-state index contributed by atoms with van der Waals surface area (Å²) in [6.45, 7) is 4.24. The van der Waals surface area contributed by atoms with Crippen LogP contribution in [-0.4, -0.2) is 13.3 Å². The molecule has 2 aromatic rings. The highest BCUT2D eigenvalue weighted by Crippen LogP contribution is 2.30. The maximum Gasteiger partial charge on any atom is 0.150 e. The van der Waals surface area contributed by atoms with Crippen molar-refractivity contribution >= 4 is 23.3 Å². The number of aryl methyl sites for hydroxylation is 1. The number of aldehydes is 1. The Balaban J connectivity index is 2.28. The van der Waals surface area contributed by atoms with Crippen molar-refractivity contribution in [1.29, 1.82) is 0 Å². The molecule has 0 N–H and O–H groups in total. The zero-order chi connectivity index (χ0) is 13.1. The highest BCUT2D eigenvalue weighted by molar-refractivity contribution is 7.10. The molecule has 1 heterocycles. The lowest BCUT2D eigenvalue weighted by atomic mass is 10.1. The fourth-order valence-corrected chi connectivity index (χ4v) is 2.90. The molecule has 0 radical (unpaired) electrons. The van der Waals surface area contributed by atoms with Gasteiger partial charge in [-0.2, -0.15) is 0 Å². The predicted octanol–water partition coefficient (Wildman–Crippen LogP) is 4.07. The van der Waals surface area contributed by atoms with Gasteiger partial charge in [-0.1, -0.05) is 6.07 Å². The normalized spacial score (nSPS) is 12.2. The van der Waals surface area contributed by atoms with E-state index in [1.807, 2.05) is 25.1 Å². The number of carbonyl (C=O) groups is 1. The van der Waals surface area contributed by atoms with Crippen molar-refractivity contribution in [3.63, 3.8) is 0 Å². The summed E-state index contributed by atoms with van der Waals surface area (Å²) in [5, 5.41) is 2.10. The quantitative estimate of drug-likeness (QED) is 0.771. The topological polar surface area (TPSA) is 20.3 Å². The molecule has 0 spiro atoms. The van der Waals surface area contributed by atoms with E-state index < -0.39 is 0 Å². The summed E-state index contributed by atoms with van der Waals surface area (Å²) in [5.41, 5.74) is 3.03. The summed E-state index contributed by atoms with van der Waals surface area (Å²) in [6, 6.07) is 10.4. The molecule has 1 unspecified atom stereocenters. The highest BCUT2D eigenvalue weighted by Gasteiger charge is 2.14. The summed E-state index contributed by atoms with van der Waals surface area (Å²) >= 11 is 1.77. The molecule has 2 rings (SSSR count). The summed E-state index contributed by atoms with van der Waals surface area (Å²) in [4.78, 5) is 14.3. The minimum atomic E-state index is 0.339. The van der Waals surface area contributed by atoms with E-state index in [0.717, 1.165) is 17.4 Å². The SMILES string of the molecule is Cc1cc(C=O)ccc1N(C)C(C)c1cccs1. The first-order chi connectivity index (χ1) is 8.63. The van der Waals surface area contributed by atoms with Gasteiger partial charge in [-0.05, 0) is 49.1 Å². The number of carbonyl (C=O) groups excluding carboxylic acids is 1. The number of rotatable bonds is 4. The van der Waals surface area contributed by atoms with E-state index in [4.69, 9.17) is 0 Å². The van der Waals surface area contributed by atoms with Crippen LogP contribution < -0.4 is 4.90 Å². The van der Waals surface area contributed by atoms with E-state index in [2.05, 4.69) is 36.4 Å². The monoisotopic (exact) mass is 259 g/mol. The van der Waals surface area contributed by atoms with Crippen molar-refractivity contribution < 1.29 is 4.79 Å². The minimum Gasteiger partial charge on any atom is -0.367 e. The Labute approximate surface area is 112 Å². The first-order valence-electron chi connectivity index (χ1n) is 5.95. The van der Waals surface area contributed by atoms with Crippen LogP contribution in [0.2, 0.25) is 0 Å². The van der Waals surface area contributed by atoms with Crippen LogP contribution in [-0.2, 0) is 0 Å². The summed E-state index contributed by atoms with van der Waals surface area (Å²) in [7, 11) is 2.09. The zero-order valence-electron chi connectivity index (χ0n) is 10.9. The Bertz CT molecular complexity index is 533. The van der Waals surface area contributed by atoms with Gasteiger partial charge in [0.05, 0.1) is 6.04 Å². The molecular formula is C15H17NOS. The number of nitrogens with zero attached hydrogens (tertiary/aromatic N) is 1. The van der Waals surface area contributed by atoms with Crippen molar-refractivity contribution in [2.75, 3.05) is 11.9 Å². The van der Waals surface area contributed by atoms with Gasteiger partial charge in [-0.15, -0.1) is 11.3 Å². The van der Waals surface area contributed by atoms with E-state index in [-0.39, 0.29) is 0 Å². The smallest absolute Gasteiger partial charge is 0.150 e. The highest BCUT2D eigenvalue weighted by atomic mass is 32.1. The van der Waals surface area contributed by atoms with E-state index in [1.54, 1.807) is 11.3 Å². The van der Waals surface area contributed by atoms with Gasteiger partial charge in [0.2, 0.25) is 0 Å². The summed E-state index contributed by atoms with van der Waals surface area (Å²) < 4.78 is 0. The van der Waals surface area contributed by atoms with Gasteiger partial charge in [0.1, 0.15) is 6.29 Å². The van der Waals surface area contributed by atoms with Crippen LogP contribution in [0.4, 0.5) is 5.69 Å². The second kappa shape index (κ2) is 5.36. The average Bonchev–Trinajstić information content (AvgIpc) is 2.90. The molecule has 0 fully saturated rings. The molecule has 1 aromatic heterocycles. The first kappa shape index (κ1) is 12.8. The average molecular weight is 259 g/mol. The Morgan fingerprint density at radius 2 is 2.11 bits per heavy atom. The van der Waals surface area contributed by atoms with E-state index >= 15 is 0 Å². The summed E-state index contributed by atoms with van der Waals surface area (Å²) in [6.07, 6.45) is 0.888. The zero-order valence-corrected chi connectivity index (χ0v) is 11.7. The standard InChI is InChI=1S/C15H17NOS/c1-11-9-13(10-17)6-7-14(11)16(3)12(2)15-5-4-8-18-15/h4-10,12H,1-3H3. The van der Waals surface area contributed by atoms with Gasteiger partial charge < -0.3 is 4.90 Å². The second-order valence-electron chi connectivity index (χ2n) is 4.47. The van der Waals surface area contributed by atoms with Gasteiger partial charge in [0.25, 0.3) is 0 Å². The molecule has 0 aliphatic heterocycles. The van der Waals surface area contributed by atoms with Crippen molar-refractivity contribution in [2.45, 2.75) is 19.9 Å². The van der Waals surface area contributed by atoms with E-state index in [9.17, 15) is 4.79 Å². The maximum atomic E-state index is 10.7. The van der Waals surface area contributed by atoms with Crippen LogP contribution in [0.1, 0.15) is 33.8 Å². The second-order valence-corrected chi connectivity index (χ2v) is 5.45. The fourth-order valence-electron chi connectivity index (χ4n) is 2.08. The molecule has 1 atom stereocenters. The molecule has 0 bridgehead atoms. The molecule has 0 aliphatic rings. The number of anilines is 1. The third kappa shape index (κ3) is 2.46. The molecular weight excluding hydrogens is 242 g/mol. The van der Waals surface area contributed by atoms with Gasteiger partial charge >= 0.3 is 0 Å². The van der Waals surface area contributed by atoms with Crippen LogP contribution in [0, 0.1) is 6.92 Å². The van der Waals surface area contributed by atoms with Gasteiger partial charge in [-0.3, -0.25) is 4.79 Å². The van der Waals surface area contributed by atoms with Crippen LogP contribution in [0.25, 0.3) is 0 Å². The Morgan fingerprint density at radius 1 is 1.33 bits per heavy atom. The molecule has 94 valence electrons. The fraction of sp³-hybridized carbons (Fsp3) is 0.267. The van der Waals surface area contributed by atoms with Crippen LogP contribution in [0.3, 0.4) is 0 Å². The molecule has 0 amide bonds. The van der Waals surface area contributed by atoms with Crippen LogP contribution >= 0.6 is 11.3 Å². The maximum absolute atomic E-state index is 10.7. The lowest BCUT2D eigenvalue weighted by Crippen LogP contribution is -2.21. The first-order valence-corrected chi connectivity index (χ1v) is 6.83. The van der Waals surface area contributed by atoms with Gasteiger partial charge in [-0.25, -0.2) is 0 Å². The minimum absolute atomic E-state index is 0.339. The van der Waals surface area contributed by atoms with Crippen LogP contribution in [0.5, 0.6) is 0 Å². The Hall–Kier alpha value is -1.61. The number of thiophene rings is 1. The van der Waals surface area contributed by atoms with E-state index in [0.29, 0.717) is 6.04 Å². The molecule has 1 aromatic carbocycles. The van der Waals surface area contributed by atoms with Crippen LogP contribution in [0.15, 0.2) is 35.7 Å². The molecule has 3 heteroatoms. The molecule has 18 heavy (non-hydrogen) atoms. The number of hydrogen-bond donors (Lipinski definition) is 0. The molecule has 0 saturated carbocycles. The molecule has 0 saturated heterocycles. The van der Waals surface area contributed by atoms with E-state index in [1.165, 1.54) is 10.6 Å². The van der Waals surface area contributed by atoms with Crippen molar-refractivity contribution in [1.82, 2.24) is 0 Å². The van der Waals surface area contributed by atoms with Crippen molar-refractivity contribution in [3.8, 4) is 0 Å². The lowest BCUT2D eigenvalue weighted by Gasteiger charge is -2.28. The van der Waals surface area contributed by atoms with Gasteiger partial charge in [0, 0.05) is 23.2 Å². The third-order valence-electron chi connectivity index (χ3n) is 3.27. The molecule has 2 nitrogen and oxygen atoms in total. The number of hydrogen-bond acceptors (Lipinski definition) is 3. The number of benzene rings is 1.